The molecule has 2 heterocycles. The Hall–Kier alpha value is -1.50. The van der Waals surface area contributed by atoms with Gasteiger partial charge in [0, 0.05) is 18.5 Å². The number of amides is 1. The van der Waals surface area contributed by atoms with Crippen LogP contribution in [-0.2, 0) is 6.54 Å². The summed E-state index contributed by atoms with van der Waals surface area (Å²) in [5, 5.41) is 7.81. The Kier molecular flexibility index (Phi) is 5.46. The van der Waals surface area contributed by atoms with Crippen molar-refractivity contribution in [3.8, 4) is 5.88 Å². The van der Waals surface area contributed by atoms with Gasteiger partial charge in [0.25, 0.3) is 5.91 Å². The van der Waals surface area contributed by atoms with Crippen LogP contribution in [0, 0.1) is 0 Å². The fourth-order valence-electron chi connectivity index (χ4n) is 1.78. The zero-order chi connectivity index (χ0) is 14.4. The van der Waals surface area contributed by atoms with Gasteiger partial charge in [0.15, 0.2) is 5.17 Å². The van der Waals surface area contributed by atoms with E-state index in [0.717, 1.165) is 31.7 Å². The second kappa shape index (κ2) is 7.33. The van der Waals surface area contributed by atoms with Crippen LogP contribution in [0.2, 0.25) is 0 Å². The van der Waals surface area contributed by atoms with E-state index in [2.05, 4.69) is 22.3 Å². The van der Waals surface area contributed by atoms with Crippen LogP contribution >= 0.6 is 11.8 Å². The van der Waals surface area contributed by atoms with E-state index in [0.29, 0.717) is 23.2 Å². The molecule has 1 N–H and O–H groups in total. The first kappa shape index (κ1) is 14.9. The Morgan fingerprint density at radius 3 is 3.00 bits per heavy atom. The number of nitrogens with one attached hydrogen (secondary N) is 1. The van der Waals surface area contributed by atoms with E-state index in [1.807, 2.05) is 6.92 Å². The highest BCUT2D eigenvalue weighted by Crippen LogP contribution is 2.18. The molecule has 0 radical (unpaired) electrons. The maximum Gasteiger partial charge on any atom is 0.264 e. The van der Waals surface area contributed by atoms with Crippen LogP contribution in [0.4, 0.5) is 0 Å². The van der Waals surface area contributed by atoms with Crippen molar-refractivity contribution >= 4 is 22.8 Å². The van der Waals surface area contributed by atoms with E-state index < -0.39 is 0 Å². The highest BCUT2D eigenvalue weighted by atomic mass is 32.2. The molecule has 1 aliphatic rings. The number of aryl methyl sites for hydroxylation is 1. The van der Waals surface area contributed by atoms with E-state index in [1.54, 1.807) is 22.6 Å². The zero-order valence-corrected chi connectivity index (χ0v) is 12.7. The molecule has 0 aliphatic carbocycles. The van der Waals surface area contributed by atoms with Gasteiger partial charge in [-0.2, -0.15) is 0 Å². The van der Waals surface area contributed by atoms with Crippen LogP contribution in [0.3, 0.4) is 0 Å². The van der Waals surface area contributed by atoms with Crippen molar-refractivity contribution in [3.63, 3.8) is 0 Å². The second-order valence-electron chi connectivity index (χ2n) is 4.45. The topological polar surface area (TPSA) is 68.5 Å². The van der Waals surface area contributed by atoms with E-state index in [4.69, 9.17) is 4.74 Å². The number of amidine groups is 1. The molecule has 1 aromatic heterocycles. The van der Waals surface area contributed by atoms with E-state index in [9.17, 15) is 4.79 Å². The lowest BCUT2D eigenvalue weighted by Gasteiger charge is -2.04. The summed E-state index contributed by atoms with van der Waals surface area (Å²) in [5.74, 6) is 1.12. The number of carbonyl (C=O) groups is 1. The van der Waals surface area contributed by atoms with Crippen molar-refractivity contribution in [1.82, 2.24) is 15.1 Å². The van der Waals surface area contributed by atoms with Gasteiger partial charge in [0.2, 0.25) is 5.88 Å². The van der Waals surface area contributed by atoms with Crippen molar-refractivity contribution in [1.29, 1.82) is 0 Å². The molecule has 0 fully saturated rings. The van der Waals surface area contributed by atoms with Crippen LogP contribution in [0.15, 0.2) is 11.2 Å². The standard InChI is InChI=1S/C13H20N4O2S/c1-3-6-17-9-10(12(16-17)19-7-4-2)11(18)15-13-14-5-8-20-13/h9H,3-8H2,1-2H3,(H,14,15,18). The first-order valence-corrected chi connectivity index (χ1v) is 7.92. The van der Waals surface area contributed by atoms with Gasteiger partial charge in [-0.05, 0) is 12.8 Å². The van der Waals surface area contributed by atoms with Gasteiger partial charge in [-0.15, -0.1) is 5.10 Å². The number of carbonyl (C=O) groups excluding carboxylic acids is 1. The maximum absolute atomic E-state index is 12.3. The van der Waals surface area contributed by atoms with E-state index in [-0.39, 0.29) is 5.91 Å². The summed E-state index contributed by atoms with van der Waals surface area (Å²) in [5.41, 5.74) is 0.474. The third-order valence-corrected chi connectivity index (χ3v) is 3.57. The monoisotopic (exact) mass is 296 g/mol. The Morgan fingerprint density at radius 2 is 2.35 bits per heavy atom. The molecule has 2 rings (SSSR count). The molecule has 0 atom stereocenters. The molecule has 0 spiro atoms. The third-order valence-electron chi connectivity index (χ3n) is 2.67. The average molecular weight is 296 g/mol. The molecule has 0 saturated heterocycles. The highest BCUT2D eigenvalue weighted by molar-refractivity contribution is 8.14. The second-order valence-corrected chi connectivity index (χ2v) is 5.53. The Balaban J connectivity index is 2.11. The molecule has 110 valence electrons. The van der Waals surface area contributed by atoms with Crippen LogP contribution in [0.1, 0.15) is 37.0 Å². The van der Waals surface area contributed by atoms with E-state index >= 15 is 0 Å². The van der Waals surface area contributed by atoms with Crippen molar-refractivity contribution in [2.24, 2.45) is 4.99 Å². The SMILES string of the molecule is CCCOc1nn(CCC)cc1C(=O)NC1=NCCS1. The minimum atomic E-state index is -0.202. The lowest BCUT2D eigenvalue weighted by molar-refractivity contribution is 0.0974. The van der Waals surface area contributed by atoms with Crippen molar-refractivity contribution in [3.05, 3.63) is 11.8 Å². The molecule has 20 heavy (non-hydrogen) atoms. The van der Waals surface area contributed by atoms with Crippen LogP contribution < -0.4 is 10.1 Å². The van der Waals surface area contributed by atoms with Gasteiger partial charge in [0.05, 0.1) is 13.2 Å². The number of ether oxygens (including phenoxy) is 1. The number of nitrogens with zero attached hydrogens (tertiary/aromatic N) is 3. The summed E-state index contributed by atoms with van der Waals surface area (Å²) in [6, 6.07) is 0. The van der Waals surface area contributed by atoms with Gasteiger partial charge in [-0.3, -0.25) is 14.5 Å². The molecule has 7 heteroatoms. The summed E-state index contributed by atoms with van der Waals surface area (Å²) in [4.78, 5) is 16.5. The Bertz CT molecular complexity index is 499. The van der Waals surface area contributed by atoms with Gasteiger partial charge in [-0.25, -0.2) is 0 Å². The molecular formula is C13H20N4O2S. The number of hydrogen-bond donors (Lipinski definition) is 1. The van der Waals surface area contributed by atoms with Crippen molar-refractivity contribution < 1.29 is 9.53 Å². The minimum absolute atomic E-state index is 0.202. The quantitative estimate of drug-likeness (QED) is 0.870. The third kappa shape index (κ3) is 3.75. The van der Waals surface area contributed by atoms with Crippen LogP contribution in [0.5, 0.6) is 5.88 Å². The predicted molar refractivity (Wildman–Crippen MR) is 80.5 cm³/mol. The lowest BCUT2D eigenvalue weighted by Crippen LogP contribution is -2.27. The molecule has 1 aromatic rings. The number of rotatable bonds is 6. The predicted octanol–water partition coefficient (Wildman–Crippen LogP) is 1.91. The van der Waals surface area contributed by atoms with Gasteiger partial charge in [-0.1, -0.05) is 25.6 Å². The summed E-state index contributed by atoms with van der Waals surface area (Å²) < 4.78 is 7.31. The smallest absolute Gasteiger partial charge is 0.264 e. The van der Waals surface area contributed by atoms with Crippen molar-refractivity contribution in [2.75, 3.05) is 18.9 Å². The number of aliphatic imine (C=N–C) groups is 1. The molecule has 0 unspecified atom stereocenters. The van der Waals surface area contributed by atoms with Crippen LogP contribution in [0.25, 0.3) is 0 Å². The molecule has 1 aliphatic heterocycles. The fourth-order valence-corrected chi connectivity index (χ4v) is 2.51. The summed E-state index contributed by atoms with van der Waals surface area (Å²) in [6.45, 7) is 6.17. The summed E-state index contributed by atoms with van der Waals surface area (Å²) in [6.07, 6.45) is 3.58. The summed E-state index contributed by atoms with van der Waals surface area (Å²) in [7, 11) is 0. The molecule has 1 amide bonds. The van der Waals surface area contributed by atoms with E-state index in [1.165, 1.54) is 0 Å². The molecule has 6 nitrogen and oxygen atoms in total. The fraction of sp³-hybridized carbons (Fsp3) is 0.615. The Morgan fingerprint density at radius 1 is 1.50 bits per heavy atom. The highest BCUT2D eigenvalue weighted by Gasteiger charge is 2.20. The lowest BCUT2D eigenvalue weighted by atomic mass is 10.3. The first-order chi connectivity index (χ1) is 9.74. The normalized spacial score (nSPS) is 14.2. The minimum Gasteiger partial charge on any atom is -0.476 e. The molecule has 0 aromatic carbocycles. The molecule has 0 saturated carbocycles. The first-order valence-electron chi connectivity index (χ1n) is 6.93. The number of thioether (sulfide) groups is 1. The van der Waals surface area contributed by atoms with Gasteiger partial charge in [0.1, 0.15) is 5.56 Å². The largest absolute Gasteiger partial charge is 0.476 e. The van der Waals surface area contributed by atoms with Crippen molar-refractivity contribution in [2.45, 2.75) is 33.2 Å². The van der Waals surface area contributed by atoms with Gasteiger partial charge >= 0.3 is 0 Å². The molecule has 0 bridgehead atoms. The van der Waals surface area contributed by atoms with Crippen LogP contribution in [-0.4, -0.2) is 39.8 Å². The zero-order valence-electron chi connectivity index (χ0n) is 11.9. The van der Waals surface area contributed by atoms with Gasteiger partial charge < -0.3 is 10.1 Å². The number of hydrogen-bond acceptors (Lipinski definition) is 5. The number of aromatic nitrogens is 2. The maximum atomic E-state index is 12.3. The molecular weight excluding hydrogens is 276 g/mol. The summed E-state index contributed by atoms with van der Waals surface area (Å²) >= 11 is 1.56. The average Bonchev–Trinajstić information content (AvgIpc) is 3.06. The Labute approximate surface area is 123 Å².